The van der Waals surface area contributed by atoms with Crippen molar-refractivity contribution in [2.24, 2.45) is 0 Å². The van der Waals surface area contributed by atoms with E-state index in [0.717, 1.165) is 6.42 Å². The second-order valence-corrected chi connectivity index (χ2v) is 4.76. The van der Waals surface area contributed by atoms with Crippen LogP contribution in [0.1, 0.15) is 22.5 Å². The zero-order valence-electron chi connectivity index (χ0n) is 11.9. The molecule has 1 amide bonds. The molecule has 0 saturated carbocycles. The van der Waals surface area contributed by atoms with Gasteiger partial charge in [0.1, 0.15) is 17.9 Å². The topological polar surface area (TPSA) is 80.7 Å². The molecule has 1 aliphatic heterocycles. The van der Waals surface area contributed by atoms with E-state index in [1.807, 2.05) is 0 Å². The smallest absolute Gasteiger partial charge is 0.269 e. The van der Waals surface area contributed by atoms with Crippen LogP contribution in [0.5, 0.6) is 0 Å². The van der Waals surface area contributed by atoms with Crippen LogP contribution in [-0.2, 0) is 9.47 Å². The number of hydrogen-bond donors (Lipinski definition) is 2. The summed E-state index contributed by atoms with van der Waals surface area (Å²) in [5.41, 5.74) is 0.523. The Morgan fingerprint density at radius 2 is 2.48 bits per heavy atom. The molecule has 1 atom stereocenters. The number of nitrogens with one attached hydrogen (secondary N) is 1. The first kappa shape index (κ1) is 15.4. The molecule has 2 N–H and O–H groups in total. The highest BCUT2D eigenvalue weighted by atomic mass is 16.5. The van der Waals surface area contributed by atoms with Crippen LogP contribution in [0, 0.1) is 11.8 Å². The minimum atomic E-state index is -0.442. The molecule has 1 aromatic rings. The van der Waals surface area contributed by atoms with Crippen LogP contribution in [0.25, 0.3) is 0 Å². The van der Waals surface area contributed by atoms with Crippen LogP contribution in [0.15, 0.2) is 18.3 Å². The molecule has 2 rings (SSSR count). The number of rotatable bonds is 4. The van der Waals surface area contributed by atoms with Crippen LogP contribution in [-0.4, -0.2) is 55.1 Å². The lowest BCUT2D eigenvalue weighted by atomic mass is 10.0. The van der Waals surface area contributed by atoms with Crippen molar-refractivity contribution >= 4 is 5.91 Å². The Hall–Kier alpha value is -1.94. The molecule has 0 radical (unpaired) electrons. The first-order valence-electron chi connectivity index (χ1n) is 6.66. The Balaban J connectivity index is 1.94. The molecule has 6 nitrogen and oxygen atoms in total. The minimum absolute atomic E-state index is 0.205. The van der Waals surface area contributed by atoms with E-state index in [4.69, 9.17) is 14.6 Å². The fourth-order valence-electron chi connectivity index (χ4n) is 2.04. The summed E-state index contributed by atoms with van der Waals surface area (Å²) in [4.78, 5) is 16.1. The normalized spacial score (nSPS) is 20.7. The number of hydrogen-bond acceptors (Lipinski definition) is 5. The van der Waals surface area contributed by atoms with Gasteiger partial charge in [-0.05, 0) is 12.1 Å². The Labute approximate surface area is 123 Å². The molecule has 1 aliphatic rings. The van der Waals surface area contributed by atoms with Crippen molar-refractivity contribution in [2.75, 3.05) is 33.5 Å². The number of ether oxygens (including phenoxy) is 2. The lowest BCUT2D eigenvalue weighted by Crippen LogP contribution is -2.45. The molecule has 1 unspecified atom stereocenters. The first-order chi connectivity index (χ1) is 10.2. The monoisotopic (exact) mass is 290 g/mol. The number of aliphatic hydroxyl groups is 1. The third-order valence-corrected chi connectivity index (χ3v) is 3.38. The second-order valence-electron chi connectivity index (χ2n) is 4.76. The zero-order chi connectivity index (χ0) is 15.1. The average molecular weight is 290 g/mol. The zero-order valence-corrected chi connectivity index (χ0v) is 11.9. The molecule has 2 heterocycles. The van der Waals surface area contributed by atoms with Gasteiger partial charge in [-0.2, -0.15) is 0 Å². The van der Waals surface area contributed by atoms with Gasteiger partial charge in [0.2, 0.25) is 0 Å². The quantitative estimate of drug-likeness (QED) is 0.761. The number of carbonyl (C=O) groups is 1. The highest BCUT2D eigenvalue weighted by Crippen LogP contribution is 2.21. The molecule has 1 saturated heterocycles. The molecule has 0 aliphatic carbocycles. The summed E-state index contributed by atoms with van der Waals surface area (Å²) in [7, 11) is 1.62. The van der Waals surface area contributed by atoms with Gasteiger partial charge in [-0.3, -0.25) is 4.79 Å². The standard InChI is InChI=1S/C15H18N2O4/c1-20-15(6-8-21-11-15)10-17-14(19)13-5-4-12(9-16-13)3-2-7-18/h4-5,9,18H,6-8,10-11H2,1H3,(H,17,19). The molecule has 6 heteroatoms. The summed E-state index contributed by atoms with van der Waals surface area (Å²) in [6.45, 7) is 1.30. The highest BCUT2D eigenvalue weighted by molar-refractivity contribution is 5.92. The average Bonchev–Trinajstić information content (AvgIpc) is 3.00. The van der Waals surface area contributed by atoms with Gasteiger partial charge in [0.25, 0.3) is 5.91 Å². The largest absolute Gasteiger partial charge is 0.384 e. The van der Waals surface area contributed by atoms with Crippen molar-refractivity contribution in [1.29, 1.82) is 0 Å². The Kier molecular flexibility index (Phi) is 5.28. The Bertz CT molecular complexity index is 539. The molecule has 0 spiro atoms. The molecule has 0 aromatic carbocycles. The van der Waals surface area contributed by atoms with E-state index in [0.29, 0.717) is 31.0 Å². The predicted molar refractivity (Wildman–Crippen MR) is 75.7 cm³/mol. The molecule has 112 valence electrons. The summed E-state index contributed by atoms with van der Waals surface area (Å²) >= 11 is 0. The van der Waals surface area contributed by atoms with Crippen LogP contribution < -0.4 is 5.32 Å². The molecule has 1 fully saturated rings. The summed E-state index contributed by atoms with van der Waals surface area (Å²) in [5.74, 6) is 4.98. The summed E-state index contributed by atoms with van der Waals surface area (Å²) in [6.07, 6.45) is 2.26. The summed E-state index contributed by atoms with van der Waals surface area (Å²) < 4.78 is 10.8. The van der Waals surface area contributed by atoms with Gasteiger partial charge in [0.05, 0.1) is 6.61 Å². The van der Waals surface area contributed by atoms with Crippen molar-refractivity contribution in [3.8, 4) is 11.8 Å². The van der Waals surface area contributed by atoms with Crippen LogP contribution >= 0.6 is 0 Å². The number of carbonyl (C=O) groups excluding carboxylic acids is 1. The number of aliphatic hydroxyl groups excluding tert-OH is 1. The molecule has 1 aromatic heterocycles. The Morgan fingerprint density at radius 3 is 3.05 bits per heavy atom. The molecule has 0 bridgehead atoms. The van der Waals surface area contributed by atoms with Crippen molar-refractivity contribution in [2.45, 2.75) is 12.0 Å². The van der Waals surface area contributed by atoms with Crippen LogP contribution in [0.2, 0.25) is 0 Å². The van der Waals surface area contributed by atoms with E-state index in [1.54, 1.807) is 19.2 Å². The van der Waals surface area contributed by atoms with Gasteiger partial charge in [-0.15, -0.1) is 0 Å². The lowest BCUT2D eigenvalue weighted by Gasteiger charge is -2.25. The fourth-order valence-corrected chi connectivity index (χ4v) is 2.04. The lowest BCUT2D eigenvalue weighted by molar-refractivity contribution is -0.0149. The van der Waals surface area contributed by atoms with Crippen molar-refractivity contribution < 1.29 is 19.4 Å². The number of methoxy groups -OCH3 is 1. The van der Waals surface area contributed by atoms with E-state index in [-0.39, 0.29) is 12.5 Å². The van der Waals surface area contributed by atoms with Crippen molar-refractivity contribution in [1.82, 2.24) is 10.3 Å². The number of amides is 1. The maximum absolute atomic E-state index is 12.0. The minimum Gasteiger partial charge on any atom is -0.384 e. The highest BCUT2D eigenvalue weighted by Gasteiger charge is 2.35. The van der Waals surface area contributed by atoms with Crippen molar-refractivity contribution in [3.05, 3.63) is 29.6 Å². The SMILES string of the molecule is COC1(CNC(=O)c2ccc(C#CCO)cn2)CCOC1. The number of pyridine rings is 1. The van der Waals surface area contributed by atoms with E-state index < -0.39 is 5.60 Å². The Morgan fingerprint density at radius 1 is 1.62 bits per heavy atom. The third kappa shape index (κ3) is 4.02. The van der Waals surface area contributed by atoms with Gasteiger partial charge >= 0.3 is 0 Å². The van der Waals surface area contributed by atoms with E-state index in [2.05, 4.69) is 22.1 Å². The molecular weight excluding hydrogens is 272 g/mol. The number of aromatic nitrogens is 1. The maximum Gasteiger partial charge on any atom is 0.269 e. The van der Waals surface area contributed by atoms with E-state index >= 15 is 0 Å². The van der Waals surface area contributed by atoms with Gasteiger partial charge in [0, 0.05) is 38.4 Å². The third-order valence-electron chi connectivity index (χ3n) is 3.38. The first-order valence-corrected chi connectivity index (χ1v) is 6.66. The van der Waals surface area contributed by atoms with Gasteiger partial charge in [-0.1, -0.05) is 11.8 Å². The number of nitrogens with zero attached hydrogens (tertiary/aromatic N) is 1. The molecular formula is C15H18N2O4. The predicted octanol–water partition coefficient (Wildman–Crippen LogP) is -0.0393. The van der Waals surface area contributed by atoms with Crippen LogP contribution in [0.3, 0.4) is 0 Å². The fraction of sp³-hybridized carbons (Fsp3) is 0.467. The van der Waals surface area contributed by atoms with Crippen LogP contribution in [0.4, 0.5) is 0 Å². The summed E-state index contributed by atoms with van der Waals surface area (Å²) in [6, 6.07) is 3.29. The maximum atomic E-state index is 12.0. The van der Waals surface area contributed by atoms with Gasteiger partial charge in [0.15, 0.2) is 0 Å². The van der Waals surface area contributed by atoms with Crippen molar-refractivity contribution in [3.63, 3.8) is 0 Å². The summed E-state index contributed by atoms with van der Waals surface area (Å²) in [5, 5.41) is 11.4. The van der Waals surface area contributed by atoms with Gasteiger partial charge in [-0.25, -0.2) is 4.98 Å². The molecule has 21 heavy (non-hydrogen) atoms. The second kappa shape index (κ2) is 7.18. The van der Waals surface area contributed by atoms with Gasteiger partial charge < -0.3 is 19.9 Å². The van der Waals surface area contributed by atoms with E-state index in [1.165, 1.54) is 6.20 Å². The van der Waals surface area contributed by atoms with E-state index in [9.17, 15) is 4.79 Å².